The number of rotatable bonds is 4. The fourth-order valence-corrected chi connectivity index (χ4v) is 6.47. The highest BCUT2D eigenvalue weighted by Crippen LogP contribution is 2.64. The Morgan fingerprint density at radius 1 is 1.15 bits per heavy atom. The van der Waals surface area contributed by atoms with Gasteiger partial charge in [-0.3, -0.25) is 9.59 Å². The molecule has 140 valence electrons. The van der Waals surface area contributed by atoms with Crippen molar-refractivity contribution in [2.75, 3.05) is 11.9 Å². The minimum atomic E-state index is -0.799. The third-order valence-electron chi connectivity index (χ3n) is 6.53. The third-order valence-corrected chi connectivity index (χ3v) is 6.97. The van der Waals surface area contributed by atoms with Gasteiger partial charge in [-0.05, 0) is 69.4 Å². The smallest absolute Gasteiger partial charge is 0.312 e. The van der Waals surface area contributed by atoms with Crippen molar-refractivity contribution in [2.24, 2.45) is 17.3 Å². The van der Waals surface area contributed by atoms with Gasteiger partial charge in [0, 0.05) is 17.6 Å². The zero-order chi connectivity index (χ0) is 18.5. The Hall–Kier alpha value is -1.55. The predicted molar refractivity (Wildman–Crippen MR) is 101 cm³/mol. The topological polar surface area (TPSA) is 46.6 Å². The molecule has 4 fully saturated rings. The summed E-state index contributed by atoms with van der Waals surface area (Å²) < 4.78 is 5.70. The quantitative estimate of drug-likeness (QED) is 0.586. The molecular formula is C21H26ClNO3. The molecule has 1 aromatic carbocycles. The number of hydrogen-bond acceptors (Lipinski definition) is 3. The van der Waals surface area contributed by atoms with Crippen LogP contribution in [-0.2, 0) is 14.3 Å². The average molecular weight is 376 g/mol. The van der Waals surface area contributed by atoms with Crippen molar-refractivity contribution in [3.63, 3.8) is 0 Å². The van der Waals surface area contributed by atoms with Gasteiger partial charge < -0.3 is 9.64 Å². The number of anilines is 1. The molecule has 1 amide bonds. The predicted octanol–water partition coefficient (Wildman–Crippen LogP) is 4.16. The van der Waals surface area contributed by atoms with E-state index in [1.165, 1.54) is 6.42 Å². The van der Waals surface area contributed by atoms with Crippen LogP contribution < -0.4 is 4.90 Å². The second-order valence-electron chi connectivity index (χ2n) is 8.67. The zero-order valence-electron chi connectivity index (χ0n) is 15.4. The van der Waals surface area contributed by atoms with E-state index in [1.54, 1.807) is 18.9 Å². The van der Waals surface area contributed by atoms with Gasteiger partial charge in [-0.2, -0.15) is 0 Å². The monoisotopic (exact) mass is 375 g/mol. The van der Waals surface area contributed by atoms with Gasteiger partial charge >= 0.3 is 5.97 Å². The number of amides is 1. The molecule has 5 heteroatoms. The maximum Gasteiger partial charge on any atom is 0.312 e. The molecule has 4 aliphatic rings. The Labute approximate surface area is 159 Å². The molecule has 2 unspecified atom stereocenters. The normalized spacial score (nSPS) is 35.8. The highest BCUT2D eigenvalue weighted by atomic mass is 35.5. The van der Waals surface area contributed by atoms with Gasteiger partial charge in [0.15, 0.2) is 6.10 Å². The van der Waals surface area contributed by atoms with Crippen LogP contribution >= 0.6 is 11.6 Å². The first-order chi connectivity index (χ1) is 12.3. The molecule has 0 aromatic heterocycles. The van der Waals surface area contributed by atoms with Gasteiger partial charge in [-0.15, -0.1) is 11.6 Å². The summed E-state index contributed by atoms with van der Waals surface area (Å²) in [5, 5.41) is 0. The summed E-state index contributed by atoms with van der Waals surface area (Å²) in [6.07, 6.45) is 4.86. The van der Waals surface area contributed by atoms with Gasteiger partial charge in [0.2, 0.25) is 0 Å². The number of halogens is 1. The second kappa shape index (κ2) is 6.26. The summed E-state index contributed by atoms with van der Waals surface area (Å²) in [6, 6.07) is 9.39. The van der Waals surface area contributed by atoms with Gasteiger partial charge in [-0.25, -0.2) is 0 Å². The van der Waals surface area contributed by atoms with Crippen molar-refractivity contribution in [1.29, 1.82) is 0 Å². The van der Waals surface area contributed by atoms with E-state index in [-0.39, 0.29) is 16.8 Å². The van der Waals surface area contributed by atoms with Crippen LogP contribution in [0.2, 0.25) is 0 Å². The molecule has 26 heavy (non-hydrogen) atoms. The van der Waals surface area contributed by atoms with E-state index >= 15 is 0 Å². The molecule has 4 nitrogen and oxygen atoms in total. The Bertz CT molecular complexity index is 705. The first kappa shape index (κ1) is 17.8. The standard InChI is InChI=1S/C21H26ClNO3/c1-14(18(24)23(2)17-6-4-3-5-7-17)26-19(25)20-9-15-8-16(10-20)12-21(22,11-15)13-20/h3-7,14-16H,8-13H2,1-2H3/t14-,15-,16+,20?,21?/m0/s1. The largest absolute Gasteiger partial charge is 0.452 e. The summed E-state index contributed by atoms with van der Waals surface area (Å²) in [6.45, 7) is 1.66. The maximum absolute atomic E-state index is 13.1. The van der Waals surface area contributed by atoms with Crippen molar-refractivity contribution >= 4 is 29.2 Å². The number of ether oxygens (including phenoxy) is 1. The van der Waals surface area contributed by atoms with Crippen LogP contribution in [0, 0.1) is 17.3 Å². The first-order valence-electron chi connectivity index (χ1n) is 9.53. The number of carbonyl (C=O) groups excluding carboxylic acids is 2. The van der Waals surface area contributed by atoms with E-state index in [4.69, 9.17) is 16.3 Å². The SMILES string of the molecule is C[C@H](OC(=O)C12C[C@@H]3C[C@@H](CC(Cl)(C3)C1)C2)C(=O)N(C)c1ccccc1. The minimum Gasteiger partial charge on any atom is -0.452 e. The molecule has 4 bridgehead atoms. The number of nitrogens with zero attached hydrogens (tertiary/aromatic N) is 1. The van der Waals surface area contributed by atoms with Gasteiger partial charge in [0.25, 0.3) is 5.91 Å². The zero-order valence-corrected chi connectivity index (χ0v) is 16.2. The average Bonchev–Trinajstić information content (AvgIpc) is 2.59. The number of para-hydroxylation sites is 1. The van der Waals surface area contributed by atoms with Gasteiger partial charge in [-0.1, -0.05) is 18.2 Å². The highest BCUT2D eigenvalue weighted by molar-refractivity contribution is 6.24. The molecule has 0 saturated heterocycles. The Balaban J connectivity index is 1.45. The maximum atomic E-state index is 13.1. The summed E-state index contributed by atoms with van der Waals surface area (Å²) in [5.41, 5.74) is 0.306. The van der Waals surface area contributed by atoms with Crippen molar-refractivity contribution in [3.05, 3.63) is 30.3 Å². The molecule has 1 aromatic rings. The second-order valence-corrected chi connectivity index (χ2v) is 9.47. The summed E-state index contributed by atoms with van der Waals surface area (Å²) in [7, 11) is 1.71. The minimum absolute atomic E-state index is 0.213. The molecule has 5 atom stereocenters. The first-order valence-corrected chi connectivity index (χ1v) is 9.91. The number of carbonyl (C=O) groups is 2. The fraction of sp³-hybridized carbons (Fsp3) is 0.619. The number of alkyl halides is 1. The third kappa shape index (κ3) is 3.02. The molecule has 0 N–H and O–H groups in total. The summed E-state index contributed by atoms with van der Waals surface area (Å²) >= 11 is 6.81. The lowest BCUT2D eigenvalue weighted by molar-refractivity contribution is -0.176. The van der Waals surface area contributed by atoms with Crippen LogP contribution in [0.1, 0.15) is 45.4 Å². The van der Waals surface area contributed by atoms with Crippen LogP contribution in [-0.4, -0.2) is 29.9 Å². The molecule has 0 heterocycles. The lowest BCUT2D eigenvalue weighted by atomic mass is 9.49. The van der Waals surface area contributed by atoms with E-state index in [2.05, 4.69) is 0 Å². The Kier molecular flexibility index (Phi) is 4.30. The number of benzene rings is 1. The van der Waals surface area contributed by atoms with Crippen LogP contribution in [0.3, 0.4) is 0 Å². The van der Waals surface area contributed by atoms with Crippen LogP contribution in [0.25, 0.3) is 0 Å². The van der Waals surface area contributed by atoms with Crippen molar-refractivity contribution < 1.29 is 14.3 Å². The van der Waals surface area contributed by atoms with E-state index in [1.807, 2.05) is 30.3 Å². The molecular weight excluding hydrogens is 350 g/mol. The van der Waals surface area contributed by atoms with Gasteiger partial charge in [0.1, 0.15) is 0 Å². The van der Waals surface area contributed by atoms with Crippen LogP contribution in [0.15, 0.2) is 30.3 Å². The summed E-state index contributed by atoms with van der Waals surface area (Å²) in [5.74, 6) is 0.618. The molecule has 0 aliphatic heterocycles. The summed E-state index contributed by atoms with van der Waals surface area (Å²) in [4.78, 5) is 27.1. The van der Waals surface area contributed by atoms with E-state index in [0.29, 0.717) is 18.3 Å². The molecule has 5 rings (SSSR count). The molecule has 0 radical (unpaired) electrons. The van der Waals surface area contributed by atoms with E-state index < -0.39 is 11.5 Å². The lowest BCUT2D eigenvalue weighted by Crippen LogP contribution is -2.57. The highest BCUT2D eigenvalue weighted by Gasteiger charge is 2.61. The number of esters is 1. The van der Waals surface area contributed by atoms with Crippen LogP contribution in [0.4, 0.5) is 5.69 Å². The van der Waals surface area contributed by atoms with Crippen molar-refractivity contribution in [1.82, 2.24) is 0 Å². The number of likely N-dealkylation sites (N-methyl/N-ethyl adjacent to an activating group) is 1. The Morgan fingerprint density at radius 2 is 1.77 bits per heavy atom. The molecule has 4 saturated carbocycles. The van der Waals surface area contributed by atoms with E-state index in [0.717, 1.165) is 31.4 Å². The molecule has 4 aliphatic carbocycles. The van der Waals surface area contributed by atoms with E-state index in [9.17, 15) is 9.59 Å². The van der Waals surface area contributed by atoms with Gasteiger partial charge in [0.05, 0.1) is 5.41 Å². The van der Waals surface area contributed by atoms with Crippen molar-refractivity contribution in [3.8, 4) is 0 Å². The van der Waals surface area contributed by atoms with Crippen LogP contribution in [0.5, 0.6) is 0 Å². The van der Waals surface area contributed by atoms with Crippen molar-refractivity contribution in [2.45, 2.75) is 56.4 Å². The number of hydrogen-bond donors (Lipinski definition) is 0. The fourth-order valence-electron chi connectivity index (χ4n) is 5.78. The Morgan fingerprint density at radius 3 is 2.35 bits per heavy atom. The lowest BCUT2D eigenvalue weighted by Gasteiger charge is -2.58. The molecule has 0 spiro atoms.